The van der Waals surface area contributed by atoms with Crippen LogP contribution < -0.4 is 16.2 Å². The fourth-order valence-electron chi connectivity index (χ4n) is 1.91. The lowest BCUT2D eigenvalue weighted by molar-refractivity contribution is 1.34. The van der Waals surface area contributed by atoms with Gasteiger partial charge in [-0.1, -0.05) is 42.5 Å². The maximum Gasteiger partial charge on any atom is 0.0316 e. The maximum atomic E-state index is 5.84. The average Bonchev–Trinajstić information content (AvgIpc) is 2.27. The molecule has 0 unspecified atom stereocenters. The molecule has 2 N–H and O–H groups in total. The summed E-state index contributed by atoms with van der Waals surface area (Å²) >= 11 is 0. The van der Waals surface area contributed by atoms with Gasteiger partial charge in [-0.05, 0) is 47.6 Å². The van der Waals surface area contributed by atoms with E-state index in [4.69, 9.17) is 5.73 Å². The van der Waals surface area contributed by atoms with Crippen LogP contribution in [0.5, 0.6) is 0 Å². The van der Waals surface area contributed by atoms with Gasteiger partial charge in [0, 0.05) is 5.70 Å². The second kappa shape index (κ2) is 4.88. The smallest absolute Gasteiger partial charge is 0.0316 e. The zero-order chi connectivity index (χ0) is 12.3. The first-order valence-corrected chi connectivity index (χ1v) is 5.76. The monoisotopic (exact) mass is 223 g/mol. The lowest BCUT2D eigenvalue weighted by Gasteiger charge is -1.99. The van der Waals surface area contributed by atoms with Crippen molar-refractivity contribution in [3.63, 3.8) is 0 Å². The highest BCUT2D eigenvalue weighted by Gasteiger charge is 1.92. The van der Waals surface area contributed by atoms with Gasteiger partial charge in [-0.25, -0.2) is 0 Å². The highest BCUT2D eigenvalue weighted by atomic mass is 14.5. The number of benzene rings is 1. The van der Waals surface area contributed by atoms with E-state index >= 15 is 0 Å². The minimum absolute atomic E-state index is 0.746. The van der Waals surface area contributed by atoms with Gasteiger partial charge in [0.1, 0.15) is 0 Å². The molecule has 0 saturated heterocycles. The zero-order valence-electron chi connectivity index (χ0n) is 10.1. The lowest BCUT2D eigenvalue weighted by atomic mass is 10.1. The standard InChI is InChI=1S/C16H17N/c1-12-7-8-15-10-13(2)11-16(17)6-4-3-5-14(15)9-12/h4-11H,2-3,17H2,1H3/b6-4-,14-5-,15-10-,16-11+. The molecule has 0 fully saturated rings. The highest BCUT2D eigenvalue weighted by Crippen LogP contribution is 2.01. The SMILES string of the molecule is C=C1/C=c2/ccc(C)c/c2=C/C/C=C\C(N)=C/1. The van der Waals surface area contributed by atoms with E-state index in [1.165, 1.54) is 16.0 Å². The van der Waals surface area contributed by atoms with Crippen LogP contribution >= 0.6 is 0 Å². The summed E-state index contributed by atoms with van der Waals surface area (Å²) in [5, 5.41) is 2.45. The van der Waals surface area contributed by atoms with Gasteiger partial charge in [-0.15, -0.1) is 0 Å². The Morgan fingerprint density at radius 3 is 2.82 bits per heavy atom. The number of hydrogen-bond donors (Lipinski definition) is 1. The molecule has 2 rings (SSSR count). The Kier molecular flexibility index (Phi) is 3.29. The van der Waals surface area contributed by atoms with Crippen LogP contribution in [0.15, 0.2) is 54.3 Å². The number of allylic oxidation sites excluding steroid dienone is 4. The number of fused-ring (bicyclic) bond motifs is 1. The molecule has 1 nitrogen and oxygen atoms in total. The Morgan fingerprint density at radius 2 is 2.00 bits per heavy atom. The van der Waals surface area contributed by atoms with Crippen molar-refractivity contribution in [2.24, 2.45) is 5.73 Å². The van der Waals surface area contributed by atoms with E-state index in [0.717, 1.165) is 17.7 Å². The quantitative estimate of drug-likeness (QED) is 0.714. The molecule has 1 aromatic rings. The Bertz CT molecular complexity index is 615. The summed E-state index contributed by atoms with van der Waals surface area (Å²) in [6.45, 7) is 6.11. The molecule has 0 spiro atoms. The van der Waals surface area contributed by atoms with Crippen molar-refractivity contribution < 1.29 is 0 Å². The van der Waals surface area contributed by atoms with E-state index in [1.807, 2.05) is 12.2 Å². The fraction of sp³-hybridized carbons (Fsp3) is 0.125. The summed E-state index contributed by atoms with van der Waals surface area (Å²) < 4.78 is 0. The first-order chi connectivity index (χ1) is 8.15. The topological polar surface area (TPSA) is 26.0 Å². The van der Waals surface area contributed by atoms with E-state index < -0.39 is 0 Å². The average molecular weight is 223 g/mol. The molecule has 1 aliphatic rings. The molecule has 86 valence electrons. The van der Waals surface area contributed by atoms with E-state index in [9.17, 15) is 0 Å². The van der Waals surface area contributed by atoms with Crippen LogP contribution in [0, 0.1) is 6.92 Å². The largest absolute Gasteiger partial charge is 0.399 e. The van der Waals surface area contributed by atoms with Gasteiger partial charge >= 0.3 is 0 Å². The van der Waals surface area contributed by atoms with E-state index in [2.05, 4.69) is 49.9 Å². The van der Waals surface area contributed by atoms with Gasteiger partial charge in [-0.2, -0.15) is 0 Å². The molecule has 0 radical (unpaired) electrons. The van der Waals surface area contributed by atoms with Gasteiger partial charge in [0.25, 0.3) is 0 Å². The summed E-state index contributed by atoms with van der Waals surface area (Å²) in [6.07, 6.45) is 11.1. The summed E-state index contributed by atoms with van der Waals surface area (Å²) in [7, 11) is 0. The van der Waals surface area contributed by atoms with E-state index in [-0.39, 0.29) is 0 Å². The van der Waals surface area contributed by atoms with Crippen LogP contribution in [-0.2, 0) is 0 Å². The Balaban J connectivity index is 2.66. The third-order valence-corrected chi connectivity index (χ3v) is 2.72. The molecule has 17 heavy (non-hydrogen) atoms. The molecule has 0 amide bonds. The van der Waals surface area contributed by atoms with Gasteiger partial charge < -0.3 is 5.73 Å². The van der Waals surface area contributed by atoms with Crippen molar-refractivity contribution in [2.45, 2.75) is 13.3 Å². The Morgan fingerprint density at radius 1 is 1.18 bits per heavy atom. The maximum absolute atomic E-state index is 5.84. The Hall–Kier alpha value is -2.02. The van der Waals surface area contributed by atoms with Crippen molar-refractivity contribution in [2.75, 3.05) is 0 Å². The number of nitrogens with two attached hydrogens (primary N) is 1. The number of rotatable bonds is 0. The van der Waals surface area contributed by atoms with Crippen molar-refractivity contribution in [3.05, 3.63) is 70.3 Å². The van der Waals surface area contributed by atoms with Crippen LogP contribution in [-0.4, -0.2) is 0 Å². The normalized spacial score (nSPS) is 24.3. The van der Waals surface area contributed by atoms with Crippen molar-refractivity contribution in [1.82, 2.24) is 0 Å². The minimum Gasteiger partial charge on any atom is -0.399 e. The summed E-state index contributed by atoms with van der Waals surface area (Å²) in [4.78, 5) is 0. The molecule has 1 heteroatoms. The van der Waals surface area contributed by atoms with Crippen LogP contribution in [0.4, 0.5) is 0 Å². The highest BCUT2D eigenvalue weighted by molar-refractivity contribution is 5.54. The predicted octanol–water partition coefficient (Wildman–Crippen LogP) is 1.91. The van der Waals surface area contributed by atoms with Crippen molar-refractivity contribution in [3.8, 4) is 0 Å². The summed E-state index contributed by atoms with van der Waals surface area (Å²) in [5.74, 6) is 0. The first kappa shape index (κ1) is 11.5. The van der Waals surface area contributed by atoms with Crippen LogP contribution in [0.25, 0.3) is 12.2 Å². The second-order valence-corrected chi connectivity index (χ2v) is 4.34. The number of hydrogen-bond acceptors (Lipinski definition) is 1. The third kappa shape index (κ3) is 2.97. The fourth-order valence-corrected chi connectivity index (χ4v) is 1.91. The Labute approximate surface area is 102 Å². The molecule has 1 aromatic carbocycles. The van der Waals surface area contributed by atoms with Gasteiger partial charge in [-0.3, -0.25) is 0 Å². The van der Waals surface area contributed by atoms with Crippen LogP contribution in [0.1, 0.15) is 12.0 Å². The van der Waals surface area contributed by atoms with Gasteiger partial charge in [0.05, 0.1) is 0 Å². The molecule has 0 saturated carbocycles. The molecule has 0 atom stereocenters. The lowest BCUT2D eigenvalue weighted by Crippen LogP contribution is -2.24. The summed E-state index contributed by atoms with van der Waals surface area (Å²) in [5.41, 5.74) is 8.78. The predicted molar refractivity (Wildman–Crippen MR) is 74.5 cm³/mol. The third-order valence-electron chi connectivity index (χ3n) is 2.72. The molecule has 0 aliphatic heterocycles. The first-order valence-electron chi connectivity index (χ1n) is 5.76. The van der Waals surface area contributed by atoms with Gasteiger partial charge in [0.15, 0.2) is 0 Å². The molecule has 1 aliphatic carbocycles. The van der Waals surface area contributed by atoms with Crippen molar-refractivity contribution >= 4 is 12.2 Å². The van der Waals surface area contributed by atoms with Crippen LogP contribution in [0.3, 0.4) is 0 Å². The molecular formula is C16H17N. The van der Waals surface area contributed by atoms with E-state index in [1.54, 1.807) is 0 Å². The second-order valence-electron chi connectivity index (χ2n) is 4.34. The zero-order valence-corrected chi connectivity index (χ0v) is 10.1. The molecule has 0 aromatic heterocycles. The number of aryl methyl sites for hydroxylation is 1. The summed E-state index contributed by atoms with van der Waals surface area (Å²) in [6, 6.07) is 6.44. The van der Waals surface area contributed by atoms with Crippen molar-refractivity contribution in [1.29, 1.82) is 0 Å². The van der Waals surface area contributed by atoms with Gasteiger partial charge in [0.2, 0.25) is 0 Å². The molecular weight excluding hydrogens is 206 g/mol. The molecule has 0 bridgehead atoms. The van der Waals surface area contributed by atoms with Crippen LogP contribution in [0.2, 0.25) is 0 Å². The molecule has 0 heterocycles. The minimum atomic E-state index is 0.746. The van der Waals surface area contributed by atoms with E-state index in [0.29, 0.717) is 0 Å².